The van der Waals surface area contributed by atoms with E-state index in [0.717, 1.165) is 31.2 Å². The summed E-state index contributed by atoms with van der Waals surface area (Å²) in [4.78, 5) is 13.3. The Morgan fingerprint density at radius 3 is 2.56 bits per heavy atom. The number of nitrogens with zero attached hydrogens (tertiary/aromatic N) is 4. The molecule has 0 amide bonds. The Hall–Kier alpha value is -0.870. The molecule has 1 aromatic heterocycles. The predicted octanol–water partition coefficient (Wildman–Crippen LogP) is 2.40. The lowest BCUT2D eigenvalue weighted by Gasteiger charge is -2.20. The summed E-state index contributed by atoms with van der Waals surface area (Å²) in [5.74, 6) is 2.39. The lowest BCUT2D eigenvalue weighted by molar-refractivity contribution is 0.401. The van der Waals surface area contributed by atoms with E-state index in [9.17, 15) is 0 Å². The van der Waals surface area contributed by atoms with Gasteiger partial charge in [-0.1, -0.05) is 11.6 Å². The van der Waals surface area contributed by atoms with Crippen LogP contribution in [0.2, 0.25) is 5.15 Å². The fourth-order valence-electron chi connectivity index (χ4n) is 1.88. The van der Waals surface area contributed by atoms with Crippen LogP contribution in [-0.2, 0) is 0 Å². The molecule has 0 spiro atoms. The van der Waals surface area contributed by atoms with Crippen molar-refractivity contribution in [3.63, 3.8) is 0 Å². The van der Waals surface area contributed by atoms with Gasteiger partial charge in [0, 0.05) is 25.6 Å². The highest BCUT2D eigenvalue weighted by Crippen LogP contribution is 2.39. The Morgan fingerprint density at radius 2 is 1.94 bits per heavy atom. The van der Waals surface area contributed by atoms with E-state index in [2.05, 4.69) is 40.9 Å². The molecule has 1 aliphatic carbocycles. The predicted molar refractivity (Wildman–Crippen MR) is 75.5 cm³/mol. The zero-order valence-corrected chi connectivity index (χ0v) is 12.1. The molecule has 18 heavy (non-hydrogen) atoms. The minimum atomic E-state index is 0.539. The van der Waals surface area contributed by atoms with Gasteiger partial charge in [0.1, 0.15) is 16.8 Å². The van der Waals surface area contributed by atoms with Gasteiger partial charge in [-0.3, -0.25) is 0 Å². The van der Waals surface area contributed by atoms with Crippen LogP contribution in [0.4, 0.5) is 5.82 Å². The average Bonchev–Trinajstić information content (AvgIpc) is 3.11. The van der Waals surface area contributed by atoms with E-state index in [0.29, 0.717) is 11.1 Å². The van der Waals surface area contributed by atoms with Crippen molar-refractivity contribution in [1.82, 2.24) is 14.9 Å². The quantitative estimate of drug-likeness (QED) is 0.742. The highest BCUT2D eigenvalue weighted by molar-refractivity contribution is 6.29. The number of aromatic nitrogens is 2. The molecule has 5 heteroatoms. The molecule has 0 atom stereocenters. The zero-order valence-electron chi connectivity index (χ0n) is 11.4. The van der Waals surface area contributed by atoms with E-state index in [4.69, 9.17) is 11.6 Å². The van der Waals surface area contributed by atoms with Crippen LogP contribution < -0.4 is 4.90 Å². The zero-order chi connectivity index (χ0) is 13.1. The molecule has 0 aliphatic heterocycles. The summed E-state index contributed by atoms with van der Waals surface area (Å²) in [7, 11) is 6.24. The van der Waals surface area contributed by atoms with Gasteiger partial charge in [0.15, 0.2) is 0 Å². The van der Waals surface area contributed by atoms with Gasteiger partial charge in [-0.15, -0.1) is 0 Å². The van der Waals surface area contributed by atoms with Crippen LogP contribution in [0.25, 0.3) is 0 Å². The highest BCUT2D eigenvalue weighted by atomic mass is 35.5. The summed E-state index contributed by atoms with van der Waals surface area (Å²) < 4.78 is 0. The lowest BCUT2D eigenvalue weighted by Crippen LogP contribution is -2.24. The minimum Gasteiger partial charge on any atom is -0.359 e. The second-order valence-electron chi connectivity index (χ2n) is 5.26. The van der Waals surface area contributed by atoms with Crippen molar-refractivity contribution in [3.8, 4) is 0 Å². The van der Waals surface area contributed by atoms with Crippen LogP contribution in [-0.4, -0.2) is 49.1 Å². The number of anilines is 1. The Kier molecular flexibility index (Phi) is 4.40. The van der Waals surface area contributed by atoms with Gasteiger partial charge in [-0.2, -0.15) is 0 Å². The summed E-state index contributed by atoms with van der Waals surface area (Å²) >= 11 is 6.06. The standard InChI is InChI=1S/C13H21ClN4/c1-17(2)7-4-8-18(3)12-9-11(14)15-13(16-12)10-5-6-10/h9-10H,4-8H2,1-3H3. The number of rotatable bonds is 6. The van der Waals surface area contributed by atoms with Crippen LogP contribution in [0.5, 0.6) is 0 Å². The first-order chi connectivity index (χ1) is 8.56. The maximum atomic E-state index is 6.06. The smallest absolute Gasteiger partial charge is 0.135 e. The Balaban J connectivity index is 1.98. The third kappa shape index (κ3) is 3.82. The normalized spacial score (nSPS) is 15.2. The summed E-state index contributed by atoms with van der Waals surface area (Å²) in [5.41, 5.74) is 0. The fourth-order valence-corrected chi connectivity index (χ4v) is 2.07. The molecule has 0 unspecified atom stereocenters. The molecule has 1 fully saturated rings. The molecule has 1 saturated carbocycles. The van der Waals surface area contributed by atoms with Crippen molar-refractivity contribution in [2.45, 2.75) is 25.2 Å². The van der Waals surface area contributed by atoms with Crippen LogP contribution in [0.3, 0.4) is 0 Å². The van der Waals surface area contributed by atoms with E-state index in [1.807, 2.05) is 6.07 Å². The summed E-state index contributed by atoms with van der Waals surface area (Å²) in [5, 5.41) is 0.557. The molecule has 0 saturated heterocycles. The molecular formula is C13H21ClN4. The molecule has 1 aromatic rings. The van der Waals surface area contributed by atoms with E-state index in [-0.39, 0.29) is 0 Å². The highest BCUT2D eigenvalue weighted by Gasteiger charge is 2.27. The largest absolute Gasteiger partial charge is 0.359 e. The molecule has 1 heterocycles. The molecule has 100 valence electrons. The molecule has 1 aliphatic rings. The fraction of sp³-hybridized carbons (Fsp3) is 0.692. The third-order valence-corrected chi connectivity index (χ3v) is 3.32. The van der Waals surface area contributed by atoms with Crippen molar-refractivity contribution in [1.29, 1.82) is 0 Å². The van der Waals surface area contributed by atoms with Gasteiger partial charge in [0.2, 0.25) is 0 Å². The molecule has 2 rings (SSSR count). The minimum absolute atomic E-state index is 0.539. The van der Waals surface area contributed by atoms with Crippen LogP contribution in [0.1, 0.15) is 31.0 Å². The second kappa shape index (κ2) is 5.85. The molecule has 0 aromatic carbocycles. The first-order valence-electron chi connectivity index (χ1n) is 6.46. The van der Waals surface area contributed by atoms with E-state index in [1.54, 1.807) is 0 Å². The van der Waals surface area contributed by atoms with E-state index in [1.165, 1.54) is 12.8 Å². The van der Waals surface area contributed by atoms with Gasteiger partial charge in [0.05, 0.1) is 0 Å². The van der Waals surface area contributed by atoms with E-state index < -0.39 is 0 Å². The first kappa shape index (κ1) is 13.6. The average molecular weight is 269 g/mol. The summed E-state index contributed by atoms with van der Waals surface area (Å²) in [6, 6.07) is 1.85. The molecular weight excluding hydrogens is 248 g/mol. The van der Waals surface area contributed by atoms with Gasteiger partial charge in [0.25, 0.3) is 0 Å². The first-order valence-corrected chi connectivity index (χ1v) is 6.84. The van der Waals surface area contributed by atoms with Crippen molar-refractivity contribution in [2.24, 2.45) is 0 Å². The monoisotopic (exact) mass is 268 g/mol. The number of hydrogen-bond acceptors (Lipinski definition) is 4. The van der Waals surface area contributed by atoms with Gasteiger partial charge >= 0.3 is 0 Å². The Labute approximate surface area is 114 Å². The summed E-state index contributed by atoms with van der Waals surface area (Å²) in [6.45, 7) is 2.06. The number of hydrogen-bond donors (Lipinski definition) is 0. The molecule has 0 N–H and O–H groups in total. The maximum absolute atomic E-state index is 6.06. The van der Waals surface area contributed by atoms with Crippen molar-refractivity contribution < 1.29 is 0 Å². The Bertz CT molecular complexity index is 404. The van der Waals surface area contributed by atoms with Crippen LogP contribution >= 0.6 is 11.6 Å². The topological polar surface area (TPSA) is 32.3 Å². The SMILES string of the molecule is CN(C)CCCN(C)c1cc(Cl)nc(C2CC2)n1. The summed E-state index contributed by atoms with van der Waals surface area (Å²) in [6.07, 6.45) is 3.51. The molecule has 0 radical (unpaired) electrons. The maximum Gasteiger partial charge on any atom is 0.135 e. The van der Waals surface area contributed by atoms with Crippen molar-refractivity contribution in [2.75, 3.05) is 39.1 Å². The van der Waals surface area contributed by atoms with Gasteiger partial charge in [-0.05, 0) is 39.9 Å². The third-order valence-electron chi connectivity index (χ3n) is 3.13. The van der Waals surface area contributed by atoms with Crippen molar-refractivity contribution in [3.05, 3.63) is 17.0 Å². The van der Waals surface area contributed by atoms with Crippen molar-refractivity contribution >= 4 is 17.4 Å². The Morgan fingerprint density at radius 1 is 1.22 bits per heavy atom. The van der Waals surface area contributed by atoms with Crippen LogP contribution in [0, 0.1) is 0 Å². The van der Waals surface area contributed by atoms with Gasteiger partial charge < -0.3 is 9.80 Å². The molecule has 0 bridgehead atoms. The van der Waals surface area contributed by atoms with E-state index >= 15 is 0 Å². The number of halogens is 1. The van der Waals surface area contributed by atoms with Crippen LogP contribution in [0.15, 0.2) is 6.07 Å². The van der Waals surface area contributed by atoms with Gasteiger partial charge in [-0.25, -0.2) is 9.97 Å². The second-order valence-corrected chi connectivity index (χ2v) is 5.65. The lowest BCUT2D eigenvalue weighted by atomic mass is 10.3. The molecule has 4 nitrogen and oxygen atoms in total.